The molecule has 9 nitrogen and oxygen atoms in total. The van der Waals surface area contributed by atoms with Crippen molar-refractivity contribution in [3.05, 3.63) is 35.4 Å². The molecule has 0 heterocycles. The maximum Gasteiger partial charge on any atom is 0.329 e. The predicted molar refractivity (Wildman–Crippen MR) is 124 cm³/mol. The van der Waals surface area contributed by atoms with Crippen molar-refractivity contribution < 1.29 is 43.1 Å². The molecule has 1 aliphatic carbocycles. The zero-order valence-corrected chi connectivity index (χ0v) is 20.4. The number of hydrogen-bond donors (Lipinski definition) is 1. The van der Waals surface area contributed by atoms with Crippen LogP contribution in [-0.4, -0.2) is 66.4 Å². The lowest BCUT2D eigenvalue weighted by Gasteiger charge is -2.27. The number of aliphatic carboxylic acids is 1. The van der Waals surface area contributed by atoms with E-state index in [1.807, 2.05) is 24.3 Å². The number of hydrogen-bond acceptors (Lipinski definition) is 8. The second kappa shape index (κ2) is 11.2. The molecule has 9 heteroatoms. The van der Waals surface area contributed by atoms with Gasteiger partial charge >= 0.3 is 5.97 Å². The molecule has 0 aromatic heterocycles. The molecule has 2 unspecified atom stereocenters. The molecule has 186 valence electrons. The Morgan fingerprint density at radius 3 is 1.32 bits per heavy atom. The highest BCUT2D eigenvalue weighted by atomic mass is 16.5. The van der Waals surface area contributed by atoms with Crippen molar-refractivity contribution in [3.63, 3.8) is 0 Å². The second-order valence-electron chi connectivity index (χ2n) is 7.88. The Labute approximate surface area is 199 Å². The average Bonchev–Trinajstić information content (AvgIpc) is 3.29. The zero-order chi connectivity index (χ0) is 24.8. The average molecular weight is 477 g/mol. The maximum atomic E-state index is 11.4. The summed E-state index contributed by atoms with van der Waals surface area (Å²) in [6.07, 6.45) is 1.12. The molecule has 0 radical (unpaired) electrons. The van der Waals surface area contributed by atoms with Gasteiger partial charge in [0, 0.05) is 11.8 Å². The highest BCUT2D eigenvalue weighted by molar-refractivity contribution is 5.68. The van der Waals surface area contributed by atoms with Crippen LogP contribution < -0.4 is 28.4 Å². The highest BCUT2D eigenvalue weighted by Gasteiger charge is 2.40. The summed E-state index contributed by atoms with van der Waals surface area (Å²) >= 11 is 0. The summed E-state index contributed by atoms with van der Waals surface area (Å²) in [5.74, 6) is 1.89. The molecule has 34 heavy (non-hydrogen) atoms. The third-order valence-corrected chi connectivity index (χ3v) is 6.21. The van der Waals surface area contributed by atoms with Gasteiger partial charge in [-0.2, -0.15) is 0 Å². The summed E-state index contributed by atoms with van der Waals surface area (Å²) in [6.45, 7) is -0.410. The van der Waals surface area contributed by atoms with Crippen molar-refractivity contribution in [2.75, 3.05) is 49.3 Å². The summed E-state index contributed by atoms with van der Waals surface area (Å²) in [6, 6.07) is 7.56. The monoisotopic (exact) mass is 476 g/mol. The summed E-state index contributed by atoms with van der Waals surface area (Å²) < 4.78 is 39.0. The molecule has 1 saturated carbocycles. The number of carboxylic acids is 1. The first kappa shape index (κ1) is 25.3. The molecule has 2 aromatic rings. The Hall–Kier alpha value is -3.33. The van der Waals surface area contributed by atoms with Gasteiger partial charge in [-0.15, -0.1) is 0 Å². The molecule has 3 rings (SSSR count). The van der Waals surface area contributed by atoms with E-state index >= 15 is 0 Å². The molecule has 0 spiro atoms. The minimum absolute atomic E-state index is 0.0999. The fourth-order valence-corrected chi connectivity index (χ4v) is 4.71. The van der Waals surface area contributed by atoms with E-state index in [1.54, 1.807) is 42.7 Å². The summed E-state index contributed by atoms with van der Waals surface area (Å²) in [5.41, 5.74) is 1.83. The largest absolute Gasteiger partial charge is 0.493 e. The van der Waals surface area contributed by atoms with Crippen LogP contribution >= 0.6 is 0 Å². The SMILES string of the molecule is COc1cc(C2CCC(c3cc(OC)c(OC)c(OC)c3)C2OCC(=O)O)cc(OC)c1OC. The van der Waals surface area contributed by atoms with E-state index in [2.05, 4.69) is 0 Å². The first-order valence-electron chi connectivity index (χ1n) is 10.8. The molecule has 2 atom stereocenters. The minimum atomic E-state index is -1.03. The van der Waals surface area contributed by atoms with Crippen LogP contribution in [0.2, 0.25) is 0 Å². The number of carboxylic acid groups (broad SMARTS) is 1. The maximum absolute atomic E-state index is 11.4. The molecule has 0 amide bonds. The molecule has 1 aliphatic rings. The fourth-order valence-electron chi connectivity index (χ4n) is 4.71. The lowest BCUT2D eigenvalue weighted by atomic mass is 9.89. The van der Waals surface area contributed by atoms with Crippen molar-refractivity contribution >= 4 is 5.97 Å². The molecule has 0 aliphatic heterocycles. The summed E-state index contributed by atoms with van der Waals surface area (Å²) in [4.78, 5) is 11.4. The van der Waals surface area contributed by atoms with E-state index < -0.39 is 18.7 Å². The fraction of sp³-hybridized carbons (Fsp3) is 0.480. The lowest BCUT2D eigenvalue weighted by Crippen LogP contribution is -2.26. The van der Waals surface area contributed by atoms with Crippen LogP contribution in [-0.2, 0) is 9.53 Å². The van der Waals surface area contributed by atoms with Gasteiger partial charge in [0.25, 0.3) is 0 Å². The van der Waals surface area contributed by atoms with Gasteiger partial charge in [-0.3, -0.25) is 0 Å². The first-order valence-corrected chi connectivity index (χ1v) is 10.8. The number of ether oxygens (including phenoxy) is 7. The van der Waals surface area contributed by atoms with Crippen LogP contribution in [0, 0.1) is 0 Å². The predicted octanol–water partition coefficient (Wildman–Crippen LogP) is 3.87. The van der Waals surface area contributed by atoms with Gasteiger partial charge in [-0.05, 0) is 48.2 Å². The van der Waals surface area contributed by atoms with Crippen LogP contribution in [0.1, 0.15) is 35.8 Å². The third-order valence-electron chi connectivity index (χ3n) is 6.21. The Morgan fingerprint density at radius 2 is 1.06 bits per heavy atom. The van der Waals surface area contributed by atoms with Crippen LogP contribution in [0.4, 0.5) is 0 Å². The van der Waals surface area contributed by atoms with Crippen molar-refractivity contribution in [3.8, 4) is 34.5 Å². The minimum Gasteiger partial charge on any atom is -0.493 e. The number of carbonyl (C=O) groups is 1. The topological polar surface area (TPSA) is 102 Å². The van der Waals surface area contributed by atoms with E-state index in [1.165, 1.54) is 0 Å². The van der Waals surface area contributed by atoms with Crippen LogP contribution in [0.25, 0.3) is 0 Å². The summed E-state index contributed by atoms with van der Waals surface area (Å²) in [7, 11) is 9.35. The molecule has 1 fully saturated rings. The second-order valence-corrected chi connectivity index (χ2v) is 7.88. The number of benzene rings is 2. The lowest BCUT2D eigenvalue weighted by molar-refractivity contribution is -0.144. The number of rotatable bonds is 11. The molecule has 0 saturated heterocycles. The van der Waals surface area contributed by atoms with Gasteiger partial charge in [0.15, 0.2) is 23.0 Å². The van der Waals surface area contributed by atoms with Crippen molar-refractivity contribution in [2.24, 2.45) is 0 Å². The quantitative estimate of drug-likeness (QED) is 0.518. The van der Waals surface area contributed by atoms with E-state index in [0.29, 0.717) is 34.5 Å². The zero-order valence-electron chi connectivity index (χ0n) is 20.4. The normalized spacial score (nSPS) is 19.4. The standard InChI is InChI=1S/C25H32O9/c1-28-18-9-14(10-19(29-2)24(18)32-5)16-7-8-17(23(16)34-13-22(26)27)15-11-20(30-3)25(33-6)21(12-15)31-4/h9-12,16-17,23H,7-8,13H2,1-6H3,(H,26,27). The first-order chi connectivity index (χ1) is 16.4. The molecular weight excluding hydrogens is 444 g/mol. The molecule has 2 aromatic carbocycles. The Bertz CT molecular complexity index is 882. The van der Waals surface area contributed by atoms with Crippen LogP contribution in [0.15, 0.2) is 24.3 Å². The van der Waals surface area contributed by atoms with E-state index in [0.717, 1.165) is 24.0 Å². The smallest absolute Gasteiger partial charge is 0.329 e. The van der Waals surface area contributed by atoms with E-state index in [-0.39, 0.29) is 11.8 Å². The molecule has 0 bridgehead atoms. The van der Waals surface area contributed by atoms with Crippen LogP contribution in [0.3, 0.4) is 0 Å². The van der Waals surface area contributed by atoms with Crippen molar-refractivity contribution in [1.82, 2.24) is 0 Å². The highest BCUT2D eigenvalue weighted by Crippen LogP contribution is 2.51. The van der Waals surface area contributed by atoms with Crippen molar-refractivity contribution in [2.45, 2.75) is 30.8 Å². The van der Waals surface area contributed by atoms with Crippen molar-refractivity contribution in [1.29, 1.82) is 0 Å². The Kier molecular flexibility index (Phi) is 8.33. The third kappa shape index (κ3) is 4.94. The Balaban J connectivity index is 2.06. The molecule has 1 N–H and O–H groups in total. The van der Waals surface area contributed by atoms with E-state index in [4.69, 9.17) is 33.2 Å². The summed E-state index contributed by atoms with van der Waals surface area (Å²) in [5, 5.41) is 9.31. The van der Waals surface area contributed by atoms with Gasteiger partial charge in [-0.1, -0.05) is 0 Å². The van der Waals surface area contributed by atoms with Gasteiger partial charge in [0.2, 0.25) is 11.5 Å². The van der Waals surface area contributed by atoms with Crippen LogP contribution in [0.5, 0.6) is 34.5 Å². The van der Waals surface area contributed by atoms with Gasteiger partial charge in [0.05, 0.1) is 48.8 Å². The van der Waals surface area contributed by atoms with Gasteiger partial charge < -0.3 is 38.3 Å². The Morgan fingerprint density at radius 1 is 0.706 bits per heavy atom. The van der Waals surface area contributed by atoms with E-state index in [9.17, 15) is 9.90 Å². The number of methoxy groups -OCH3 is 6. The van der Waals surface area contributed by atoms with Gasteiger partial charge in [0.1, 0.15) is 6.61 Å². The van der Waals surface area contributed by atoms with Gasteiger partial charge in [-0.25, -0.2) is 4.79 Å². The molecular formula is C25H32O9.